The van der Waals surface area contributed by atoms with Gasteiger partial charge in [-0.1, -0.05) is 187 Å². The van der Waals surface area contributed by atoms with E-state index >= 15 is 0 Å². The van der Waals surface area contributed by atoms with E-state index in [0.717, 1.165) is 61.2 Å². The maximum Gasteiger partial charge on any atom is 0.408 e. The van der Waals surface area contributed by atoms with Gasteiger partial charge in [-0.3, -0.25) is 0 Å². The summed E-state index contributed by atoms with van der Waals surface area (Å²) < 4.78 is 16.2. The Labute approximate surface area is 450 Å². The van der Waals surface area contributed by atoms with Crippen molar-refractivity contribution in [2.75, 3.05) is 6.61 Å². The minimum Gasteiger partial charge on any atom is -0.444 e. The Balaban J connectivity index is 0.000000153. The van der Waals surface area contributed by atoms with Crippen molar-refractivity contribution < 1.29 is 33.7 Å². The lowest BCUT2D eigenvalue weighted by atomic mass is 9.95. The van der Waals surface area contributed by atoms with E-state index < -0.39 is 29.9 Å². The van der Waals surface area contributed by atoms with Crippen molar-refractivity contribution in [2.24, 2.45) is 0 Å². The fraction of sp³-hybridized carbons (Fsp3) is 0.149. The highest BCUT2D eigenvalue weighted by Gasteiger charge is 2.37. The normalized spacial score (nSPS) is 16.3. The van der Waals surface area contributed by atoms with Gasteiger partial charge in [0.2, 0.25) is 0 Å². The van der Waals surface area contributed by atoms with Crippen LogP contribution in [-0.2, 0) is 14.2 Å². The molecule has 5 atom stereocenters. The van der Waals surface area contributed by atoms with E-state index in [4.69, 9.17) is 14.2 Å². The van der Waals surface area contributed by atoms with Gasteiger partial charge < -0.3 is 35.3 Å². The molecular formula is C67H57N3O7. The van der Waals surface area contributed by atoms with Gasteiger partial charge in [-0.25, -0.2) is 14.4 Å². The summed E-state index contributed by atoms with van der Waals surface area (Å²) in [6.07, 6.45) is -2.05. The Bertz CT molecular complexity index is 3280. The average molecular weight is 1020 g/mol. The van der Waals surface area contributed by atoms with E-state index in [1.807, 2.05) is 224 Å². The highest BCUT2D eigenvalue weighted by Crippen LogP contribution is 2.38. The summed E-state index contributed by atoms with van der Waals surface area (Å²) in [7, 11) is 0. The molecule has 8 aromatic rings. The first kappa shape index (κ1) is 53.5. The lowest BCUT2D eigenvalue weighted by molar-refractivity contribution is 0.0481. The fourth-order valence-corrected chi connectivity index (χ4v) is 8.30. The first-order chi connectivity index (χ1) is 37.5. The van der Waals surface area contributed by atoms with Gasteiger partial charge in [0, 0.05) is 33.4 Å². The molecule has 0 spiro atoms. The third-order valence-electron chi connectivity index (χ3n) is 11.9. The summed E-state index contributed by atoms with van der Waals surface area (Å²) in [5, 5.41) is 18.1. The van der Waals surface area contributed by atoms with Crippen LogP contribution in [0.2, 0.25) is 0 Å². The molecule has 2 aliphatic rings. The van der Waals surface area contributed by atoms with Crippen LogP contribution in [0.1, 0.15) is 112 Å². The van der Waals surface area contributed by atoms with Crippen LogP contribution in [0.25, 0.3) is 0 Å². The van der Waals surface area contributed by atoms with Crippen LogP contribution in [0.4, 0.5) is 14.4 Å². The molecule has 2 unspecified atom stereocenters. The van der Waals surface area contributed by atoms with Gasteiger partial charge in [0.05, 0.1) is 24.7 Å². The van der Waals surface area contributed by atoms with Crippen LogP contribution in [0.5, 0.6) is 0 Å². The van der Waals surface area contributed by atoms with E-state index in [2.05, 4.69) is 51.5 Å². The van der Waals surface area contributed by atoms with Crippen LogP contribution in [-0.4, -0.2) is 35.6 Å². The first-order valence-corrected chi connectivity index (χ1v) is 25.1. The molecule has 0 radical (unpaired) electrons. The standard InChI is InChI=1S/2C23H17NO2.C21H23NO3/c2*25-23-24-21(22(26-23)19-11-5-2-6-12-19)20-13-7-10-18(16-20)15-14-17-8-3-1-4-9-17;1-21(2,3)25-20(24)22-19(15-23)18-11-7-10-17(14-18)13-12-16-8-5-4-6-9-16/h2*1-13,16,21-22H,(H,24,25);4-11,14,19,23H,15H2,1-3H3,(H,22,24)/t2*21?,22-;19-/m101/s1. The molecule has 8 aromatic carbocycles. The number of alkyl carbamates (subject to hydrolysis) is 3. The molecule has 10 nitrogen and oxygen atoms in total. The van der Waals surface area contributed by atoms with Gasteiger partial charge in [-0.2, -0.15) is 0 Å². The second-order valence-electron chi connectivity index (χ2n) is 18.8. The monoisotopic (exact) mass is 1020 g/mol. The number of ether oxygens (including phenoxy) is 3. The SMILES string of the molecule is CC(C)(C)OC(=O)N[C@H](CO)c1cccc(C#Cc2ccccc2)c1.O=C1NC(c2cccc(C#Cc3ccccc3)c2)[C@@H](c2ccccc2)O1.O=C1NC(c2cccc(C#Cc3ccccc3)c2)[C@H](c2ccccc2)O1. The smallest absolute Gasteiger partial charge is 0.408 e. The molecule has 0 saturated carbocycles. The van der Waals surface area contributed by atoms with Crippen LogP contribution in [0.15, 0.2) is 224 Å². The van der Waals surface area contributed by atoms with Crippen LogP contribution >= 0.6 is 0 Å². The second kappa shape index (κ2) is 26.4. The zero-order valence-electron chi connectivity index (χ0n) is 42.9. The Morgan fingerprint density at radius 1 is 0.481 bits per heavy atom. The highest BCUT2D eigenvalue weighted by molar-refractivity contribution is 5.72. The number of rotatable bonds is 7. The molecule has 2 aliphatic heterocycles. The topological polar surface area (TPSA) is 135 Å². The zero-order chi connectivity index (χ0) is 53.8. The molecule has 382 valence electrons. The van der Waals surface area contributed by atoms with Crippen molar-refractivity contribution in [3.8, 4) is 35.5 Å². The number of carbonyl (C=O) groups excluding carboxylic acids is 3. The number of amides is 3. The molecular weight excluding hydrogens is 959 g/mol. The molecule has 10 rings (SSSR count). The molecule has 77 heavy (non-hydrogen) atoms. The third kappa shape index (κ3) is 16.1. The zero-order valence-corrected chi connectivity index (χ0v) is 42.9. The van der Waals surface area contributed by atoms with Crippen LogP contribution < -0.4 is 16.0 Å². The van der Waals surface area contributed by atoms with E-state index in [-0.39, 0.29) is 30.9 Å². The maximum atomic E-state index is 11.9. The van der Waals surface area contributed by atoms with Crippen LogP contribution in [0.3, 0.4) is 0 Å². The van der Waals surface area contributed by atoms with Gasteiger partial charge in [0.25, 0.3) is 0 Å². The summed E-state index contributed by atoms with van der Waals surface area (Å²) in [6.45, 7) is 5.15. The van der Waals surface area contributed by atoms with E-state index in [1.165, 1.54) is 0 Å². The Kier molecular flexibility index (Phi) is 18.4. The summed E-state index contributed by atoms with van der Waals surface area (Å²) in [5.74, 6) is 18.9. The van der Waals surface area contributed by atoms with Gasteiger partial charge in [-0.15, -0.1) is 0 Å². The lowest BCUT2D eigenvalue weighted by Gasteiger charge is -2.23. The van der Waals surface area contributed by atoms with Crippen molar-refractivity contribution in [3.63, 3.8) is 0 Å². The molecule has 3 amide bonds. The van der Waals surface area contributed by atoms with Crippen molar-refractivity contribution in [1.82, 2.24) is 16.0 Å². The number of carbonyl (C=O) groups is 3. The maximum absolute atomic E-state index is 11.9. The second-order valence-corrected chi connectivity index (χ2v) is 18.8. The van der Waals surface area contributed by atoms with E-state index in [1.54, 1.807) is 20.8 Å². The lowest BCUT2D eigenvalue weighted by Crippen LogP contribution is -2.36. The Morgan fingerprint density at radius 3 is 1.18 bits per heavy atom. The molecule has 0 aromatic heterocycles. The first-order valence-electron chi connectivity index (χ1n) is 25.1. The third-order valence-corrected chi connectivity index (χ3v) is 11.9. The Morgan fingerprint density at radius 2 is 0.805 bits per heavy atom. The van der Waals surface area contributed by atoms with Crippen LogP contribution in [0, 0.1) is 35.5 Å². The number of hydrogen-bond donors (Lipinski definition) is 4. The number of aliphatic hydroxyl groups is 1. The molecule has 4 N–H and O–H groups in total. The minimum atomic E-state index is -0.590. The highest BCUT2D eigenvalue weighted by atomic mass is 16.6. The summed E-state index contributed by atoms with van der Waals surface area (Å²) >= 11 is 0. The number of cyclic esters (lactones) is 2. The quantitative estimate of drug-likeness (QED) is 0.0922. The molecule has 10 heteroatoms. The Hall–Kier alpha value is -9.79. The van der Waals surface area contributed by atoms with E-state index in [9.17, 15) is 19.5 Å². The molecule has 0 aliphatic carbocycles. The molecule has 2 heterocycles. The fourth-order valence-electron chi connectivity index (χ4n) is 8.30. The van der Waals surface area contributed by atoms with Gasteiger partial charge in [0.15, 0.2) is 12.2 Å². The van der Waals surface area contributed by atoms with E-state index in [0.29, 0.717) is 0 Å². The predicted molar refractivity (Wildman–Crippen MR) is 299 cm³/mol. The molecule has 2 fully saturated rings. The number of benzene rings is 8. The van der Waals surface area contributed by atoms with Crippen molar-refractivity contribution in [1.29, 1.82) is 0 Å². The number of hydrogen-bond acceptors (Lipinski definition) is 7. The summed E-state index contributed by atoms with van der Waals surface area (Å²) in [5.41, 5.74) is 9.56. The molecule has 2 saturated heterocycles. The van der Waals surface area contributed by atoms with Crippen molar-refractivity contribution in [3.05, 3.63) is 286 Å². The largest absolute Gasteiger partial charge is 0.444 e. The average Bonchev–Trinajstić information content (AvgIpc) is 4.07. The summed E-state index contributed by atoms with van der Waals surface area (Å²) in [4.78, 5) is 35.6. The molecule has 0 bridgehead atoms. The van der Waals surface area contributed by atoms with Gasteiger partial charge in [-0.05, 0) is 121 Å². The van der Waals surface area contributed by atoms with Crippen molar-refractivity contribution in [2.45, 2.75) is 56.7 Å². The van der Waals surface area contributed by atoms with Crippen molar-refractivity contribution >= 4 is 18.3 Å². The van der Waals surface area contributed by atoms with Gasteiger partial charge in [0.1, 0.15) is 5.60 Å². The number of aliphatic hydroxyl groups excluding tert-OH is 1. The minimum absolute atomic E-state index is 0.227. The van der Waals surface area contributed by atoms with Gasteiger partial charge >= 0.3 is 18.3 Å². The summed E-state index contributed by atoms with van der Waals surface area (Å²) in [6, 6.07) is 71.2. The predicted octanol–water partition coefficient (Wildman–Crippen LogP) is 12.9. The number of nitrogens with one attached hydrogen (secondary N) is 3.